The van der Waals surface area contributed by atoms with Crippen molar-refractivity contribution in [3.8, 4) is 0 Å². The maximum atomic E-state index is 12.2. The van der Waals surface area contributed by atoms with Crippen molar-refractivity contribution in [2.24, 2.45) is 0 Å². The van der Waals surface area contributed by atoms with Crippen LogP contribution in [0, 0.1) is 0 Å². The van der Waals surface area contributed by atoms with Crippen molar-refractivity contribution in [3.63, 3.8) is 0 Å². The van der Waals surface area contributed by atoms with E-state index < -0.39 is 0 Å². The largest absolute Gasteiger partial charge is 0.355 e. The molecular weight excluding hydrogens is 284 g/mol. The molecule has 0 spiro atoms. The zero-order valence-electron chi connectivity index (χ0n) is 14.8. The number of amides is 1. The number of hydrogen-bond acceptors (Lipinski definition) is 2. The number of hydrogen-bond donors (Lipinski definition) is 1. The van der Waals surface area contributed by atoms with Crippen LogP contribution < -0.4 is 5.32 Å². The van der Waals surface area contributed by atoms with Gasteiger partial charge in [0.05, 0.1) is 0 Å². The summed E-state index contributed by atoms with van der Waals surface area (Å²) < 4.78 is 0. The Bertz CT molecular complexity index is 460. The summed E-state index contributed by atoms with van der Waals surface area (Å²) in [6.45, 7) is 7.39. The predicted octanol–water partition coefficient (Wildman–Crippen LogP) is 3.95. The van der Waals surface area contributed by atoms with E-state index in [2.05, 4.69) is 48.3 Å². The van der Waals surface area contributed by atoms with Crippen molar-refractivity contribution in [2.45, 2.75) is 64.3 Å². The van der Waals surface area contributed by atoms with Crippen LogP contribution in [0.5, 0.6) is 0 Å². The van der Waals surface area contributed by atoms with Crippen molar-refractivity contribution >= 4 is 5.91 Å². The Morgan fingerprint density at radius 3 is 2.74 bits per heavy atom. The van der Waals surface area contributed by atoms with Crippen LogP contribution in [0.1, 0.15) is 63.9 Å². The molecule has 3 nitrogen and oxygen atoms in total. The maximum absolute atomic E-state index is 12.2. The summed E-state index contributed by atoms with van der Waals surface area (Å²) in [5.74, 6) is 0.514. The smallest absolute Gasteiger partial charge is 0.220 e. The quantitative estimate of drug-likeness (QED) is 0.787. The first-order valence-corrected chi connectivity index (χ1v) is 9.30. The third-order valence-corrected chi connectivity index (χ3v) is 5.14. The van der Waals surface area contributed by atoms with Gasteiger partial charge in [0.1, 0.15) is 0 Å². The maximum Gasteiger partial charge on any atom is 0.220 e. The van der Waals surface area contributed by atoms with Crippen molar-refractivity contribution in [1.82, 2.24) is 10.2 Å². The summed E-state index contributed by atoms with van der Waals surface area (Å²) in [6.07, 6.45) is 6.79. The molecule has 0 aliphatic carbocycles. The molecular formula is C20H32N2O. The van der Waals surface area contributed by atoms with Gasteiger partial charge in [-0.15, -0.1) is 0 Å². The van der Waals surface area contributed by atoms with E-state index in [1.54, 1.807) is 0 Å². The lowest BCUT2D eigenvalue weighted by atomic mass is 9.93. The second-order valence-electron chi connectivity index (χ2n) is 6.66. The summed E-state index contributed by atoms with van der Waals surface area (Å²) in [5, 5.41) is 3.13. The highest BCUT2D eigenvalue weighted by molar-refractivity contribution is 5.76. The number of likely N-dealkylation sites (tertiary alicyclic amines) is 1. The Labute approximate surface area is 141 Å². The molecule has 1 amide bonds. The van der Waals surface area contributed by atoms with E-state index in [0.29, 0.717) is 18.4 Å². The van der Waals surface area contributed by atoms with Crippen molar-refractivity contribution in [2.75, 3.05) is 19.6 Å². The van der Waals surface area contributed by atoms with Crippen LogP contribution in [0.25, 0.3) is 0 Å². The van der Waals surface area contributed by atoms with Gasteiger partial charge in [0.25, 0.3) is 0 Å². The number of carbonyl (C=O) groups excluding carboxylic acids is 1. The average molecular weight is 316 g/mol. The summed E-state index contributed by atoms with van der Waals surface area (Å²) in [6, 6.07) is 11.1. The third kappa shape index (κ3) is 5.65. The summed E-state index contributed by atoms with van der Waals surface area (Å²) in [5.41, 5.74) is 1.27. The lowest BCUT2D eigenvalue weighted by Gasteiger charge is -2.35. The highest BCUT2D eigenvalue weighted by atomic mass is 16.1. The van der Waals surface area contributed by atoms with Gasteiger partial charge in [-0.2, -0.15) is 0 Å². The second-order valence-corrected chi connectivity index (χ2v) is 6.66. The van der Waals surface area contributed by atoms with Crippen molar-refractivity contribution in [3.05, 3.63) is 35.9 Å². The van der Waals surface area contributed by atoms with Gasteiger partial charge in [0, 0.05) is 25.6 Å². The molecule has 0 bridgehead atoms. The van der Waals surface area contributed by atoms with Crippen LogP contribution in [0.4, 0.5) is 0 Å². The Morgan fingerprint density at radius 2 is 2.04 bits per heavy atom. The Kier molecular flexibility index (Phi) is 7.60. The van der Waals surface area contributed by atoms with Gasteiger partial charge in [0.15, 0.2) is 0 Å². The highest BCUT2D eigenvalue weighted by Crippen LogP contribution is 2.22. The zero-order valence-corrected chi connectivity index (χ0v) is 14.8. The fraction of sp³-hybridized carbons (Fsp3) is 0.650. The highest BCUT2D eigenvalue weighted by Gasteiger charge is 2.20. The Hall–Kier alpha value is -1.35. The summed E-state index contributed by atoms with van der Waals surface area (Å²) in [7, 11) is 0. The van der Waals surface area contributed by atoms with Gasteiger partial charge >= 0.3 is 0 Å². The van der Waals surface area contributed by atoms with E-state index in [0.717, 1.165) is 19.5 Å². The third-order valence-electron chi connectivity index (χ3n) is 5.14. The molecule has 1 aromatic rings. The van der Waals surface area contributed by atoms with Gasteiger partial charge < -0.3 is 5.32 Å². The topological polar surface area (TPSA) is 32.3 Å². The van der Waals surface area contributed by atoms with Crippen LogP contribution >= 0.6 is 0 Å². The van der Waals surface area contributed by atoms with Gasteiger partial charge in [-0.1, -0.05) is 50.6 Å². The van der Waals surface area contributed by atoms with Gasteiger partial charge in [0.2, 0.25) is 5.91 Å². The number of benzene rings is 1. The van der Waals surface area contributed by atoms with Crippen LogP contribution in [-0.4, -0.2) is 36.5 Å². The molecule has 1 saturated heterocycles. The molecule has 0 aromatic heterocycles. The Morgan fingerprint density at radius 1 is 1.26 bits per heavy atom. The molecule has 1 aliphatic heterocycles. The molecule has 0 radical (unpaired) electrons. The molecule has 1 aromatic carbocycles. The van der Waals surface area contributed by atoms with Crippen LogP contribution in [0.2, 0.25) is 0 Å². The number of nitrogens with zero attached hydrogens (tertiary/aromatic N) is 1. The molecule has 2 atom stereocenters. The first-order chi connectivity index (χ1) is 11.2. The van der Waals surface area contributed by atoms with E-state index >= 15 is 0 Å². The minimum Gasteiger partial charge on any atom is -0.355 e. The first kappa shape index (κ1) is 18.0. The van der Waals surface area contributed by atoms with Gasteiger partial charge in [-0.3, -0.25) is 9.69 Å². The summed E-state index contributed by atoms with van der Waals surface area (Å²) >= 11 is 0. The first-order valence-electron chi connectivity index (χ1n) is 9.30. The number of nitrogens with one attached hydrogen (secondary N) is 1. The van der Waals surface area contributed by atoms with E-state index in [4.69, 9.17) is 0 Å². The molecule has 1 aliphatic rings. The molecule has 128 valence electrons. The Balaban J connectivity index is 1.74. The zero-order chi connectivity index (χ0) is 16.5. The monoisotopic (exact) mass is 316 g/mol. The molecule has 0 saturated carbocycles. The van der Waals surface area contributed by atoms with E-state index in [1.165, 1.54) is 37.8 Å². The fourth-order valence-electron chi connectivity index (χ4n) is 3.67. The summed E-state index contributed by atoms with van der Waals surface area (Å²) in [4.78, 5) is 14.8. The van der Waals surface area contributed by atoms with Crippen LogP contribution in [-0.2, 0) is 4.79 Å². The molecule has 1 fully saturated rings. The molecule has 2 unspecified atom stereocenters. The normalized spacial score (nSPS) is 20.2. The van der Waals surface area contributed by atoms with E-state index in [1.807, 2.05) is 6.07 Å². The SMILES string of the molecule is CCC(CC(=O)NCCN1CCCCC1CC)c1ccccc1. The fourth-order valence-corrected chi connectivity index (χ4v) is 3.67. The molecule has 2 rings (SSSR count). The van der Waals surface area contributed by atoms with E-state index in [9.17, 15) is 4.79 Å². The molecule has 1 N–H and O–H groups in total. The minimum absolute atomic E-state index is 0.186. The van der Waals surface area contributed by atoms with Crippen LogP contribution in [0.15, 0.2) is 30.3 Å². The second kappa shape index (κ2) is 9.71. The number of piperidine rings is 1. The molecule has 23 heavy (non-hydrogen) atoms. The van der Waals surface area contributed by atoms with Gasteiger partial charge in [-0.25, -0.2) is 0 Å². The number of carbonyl (C=O) groups is 1. The van der Waals surface area contributed by atoms with E-state index in [-0.39, 0.29) is 5.91 Å². The van der Waals surface area contributed by atoms with Crippen molar-refractivity contribution in [1.29, 1.82) is 0 Å². The van der Waals surface area contributed by atoms with Crippen molar-refractivity contribution < 1.29 is 4.79 Å². The van der Waals surface area contributed by atoms with Crippen LogP contribution in [0.3, 0.4) is 0 Å². The molecule has 3 heteroatoms. The standard InChI is InChI=1S/C20H32N2O/c1-3-17(18-10-6-5-7-11-18)16-20(23)21-13-15-22-14-9-8-12-19(22)4-2/h5-7,10-11,17,19H,3-4,8-9,12-16H2,1-2H3,(H,21,23). The number of rotatable bonds is 8. The lowest BCUT2D eigenvalue weighted by molar-refractivity contribution is -0.121. The predicted molar refractivity (Wildman–Crippen MR) is 96.6 cm³/mol. The lowest BCUT2D eigenvalue weighted by Crippen LogP contribution is -2.43. The average Bonchev–Trinajstić information content (AvgIpc) is 2.61. The van der Waals surface area contributed by atoms with Gasteiger partial charge in [-0.05, 0) is 43.7 Å². The minimum atomic E-state index is 0.186. The molecule has 1 heterocycles.